The number of rotatable bonds is 6. The van der Waals surface area contributed by atoms with Crippen LogP contribution < -0.4 is 15.4 Å². The fourth-order valence-corrected chi connectivity index (χ4v) is 3.14. The van der Waals surface area contributed by atoms with Crippen molar-refractivity contribution in [2.24, 2.45) is 0 Å². The lowest BCUT2D eigenvalue weighted by Crippen LogP contribution is -2.13. The average molecular weight is 379 g/mol. The van der Waals surface area contributed by atoms with Crippen LogP contribution in [0.3, 0.4) is 0 Å². The van der Waals surface area contributed by atoms with Gasteiger partial charge < -0.3 is 15.4 Å². The summed E-state index contributed by atoms with van der Waals surface area (Å²) in [7, 11) is 3.59. The molecule has 0 aromatic carbocycles. The lowest BCUT2D eigenvalue weighted by Gasteiger charge is -2.06. The van der Waals surface area contributed by atoms with Gasteiger partial charge in [-0.15, -0.1) is 0 Å². The predicted octanol–water partition coefficient (Wildman–Crippen LogP) is 2.60. The number of methoxy groups -OCH3 is 1. The molecular weight excluding hydrogens is 360 g/mol. The summed E-state index contributed by atoms with van der Waals surface area (Å²) in [6.45, 7) is 0. The number of hydrogen-bond donors (Lipinski definition) is 2. The van der Waals surface area contributed by atoms with Crippen LogP contribution in [0.1, 0.15) is 36.9 Å². The molecule has 2 aromatic rings. The van der Waals surface area contributed by atoms with Gasteiger partial charge in [0.05, 0.1) is 35.2 Å². The first-order valence-corrected chi connectivity index (χ1v) is 8.58. The first-order valence-electron chi connectivity index (χ1n) is 7.79. The summed E-state index contributed by atoms with van der Waals surface area (Å²) in [6, 6.07) is 0.979. The molecule has 0 radical (unpaired) electrons. The molecule has 122 valence electrons. The van der Waals surface area contributed by atoms with Crippen LogP contribution in [-0.2, 0) is 0 Å². The second-order valence-electron chi connectivity index (χ2n) is 6.06. The Hall–Kier alpha value is -1.67. The van der Waals surface area contributed by atoms with E-state index in [-0.39, 0.29) is 0 Å². The Balaban J connectivity index is 1.60. The molecule has 4 rings (SSSR count). The van der Waals surface area contributed by atoms with Crippen LogP contribution in [0.25, 0.3) is 0 Å². The van der Waals surface area contributed by atoms with Gasteiger partial charge in [0.15, 0.2) is 0 Å². The fourth-order valence-electron chi connectivity index (χ4n) is 2.79. The molecular formula is C15H19BrN6O. The van der Waals surface area contributed by atoms with E-state index < -0.39 is 0 Å². The lowest BCUT2D eigenvalue weighted by molar-refractivity contribution is 0.394. The van der Waals surface area contributed by atoms with Crippen molar-refractivity contribution in [1.82, 2.24) is 25.1 Å². The van der Waals surface area contributed by atoms with E-state index in [2.05, 4.69) is 47.4 Å². The summed E-state index contributed by atoms with van der Waals surface area (Å²) in [5, 5.41) is 11.4. The van der Waals surface area contributed by atoms with Crippen molar-refractivity contribution in [3.8, 4) is 5.88 Å². The van der Waals surface area contributed by atoms with Crippen molar-refractivity contribution in [2.75, 3.05) is 19.5 Å². The van der Waals surface area contributed by atoms with Crippen LogP contribution in [-0.4, -0.2) is 39.9 Å². The molecule has 23 heavy (non-hydrogen) atoms. The number of hydrogen-bond acceptors (Lipinski definition) is 6. The Kier molecular flexibility index (Phi) is 3.73. The van der Waals surface area contributed by atoms with Crippen LogP contribution in [0.2, 0.25) is 0 Å². The molecule has 8 heteroatoms. The summed E-state index contributed by atoms with van der Waals surface area (Å²) in [5.74, 6) is 1.59. The molecule has 0 amide bonds. The summed E-state index contributed by atoms with van der Waals surface area (Å²) in [4.78, 5) is 8.67. The van der Waals surface area contributed by atoms with E-state index in [1.54, 1.807) is 13.3 Å². The molecule has 2 aliphatic carbocycles. The maximum Gasteiger partial charge on any atom is 0.232 e. The number of nitrogens with one attached hydrogen (secondary N) is 2. The minimum absolute atomic E-state index is 0.452. The zero-order valence-corrected chi connectivity index (χ0v) is 14.7. The van der Waals surface area contributed by atoms with Gasteiger partial charge in [0.2, 0.25) is 11.8 Å². The smallest absolute Gasteiger partial charge is 0.232 e. The van der Waals surface area contributed by atoms with E-state index in [0.717, 1.165) is 22.3 Å². The minimum atomic E-state index is 0.452. The van der Waals surface area contributed by atoms with Crippen molar-refractivity contribution in [3.05, 3.63) is 22.6 Å². The summed E-state index contributed by atoms with van der Waals surface area (Å²) in [5.41, 5.74) is 2.12. The van der Waals surface area contributed by atoms with E-state index in [9.17, 15) is 0 Å². The highest BCUT2D eigenvalue weighted by molar-refractivity contribution is 9.10. The fraction of sp³-hybridized carbons (Fsp3) is 0.533. The molecule has 2 aromatic heterocycles. The van der Waals surface area contributed by atoms with Gasteiger partial charge in [-0.3, -0.25) is 4.68 Å². The number of anilines is 2. The zero-order valence-electron chi connectivity index (χ0n) is 13.1. The van der Waals surface area contributed by atoms with Gasteiger partial charge in [-0.2, -0.15) is 10.1 Å². The molecule has 0 saturated heterocycles. The molecule has 2 saturated carbocycles. The molecule has 2 N–H and O–H groups in total. The largest absolute Gasteiger partial charge is 0.480 e. The second kappa shape index (κ2) is 5.76. The van der Waals surface area contributed by atoms with Crippen molar-refractivity contribution in [1.29, 1.82) is 0 Å². The van der Waals surface area contributed by atoms with Crippen LogP contribution in [0, 0.1) is 0 Å². The summed E-state index contributed by atoms with van der Waals surface area (Å²) in [6.07, 6.45) is 7.30. The molecule has 2 fully saturated rings. The highest BCUT2D eigenvalue weighted by atomic mass is 79.9. The predicted molar refractivity (Wildman–Crippen MR) is 90.3 cm³/mol. The SMILES string of the molecule is CN[C@H]1C[C@H]1n1cc(Nc2ncc(Br)c(OC)n2)c(C2CC2)n1. The Labute approximate surface area is 143 Å². The van der Waals surface area contributed by atoms with Crippen molar-refractivity contribution >= 4 is 27.6 Å². The quantitative estimate of drug-likeness (QED) is 0.804. The van der Waals surface area contributed by atoms with Gasteiger partial charge in [0, 0.05) is 18.2 Å². The zero-order chi connectivity index (χ0) is 16.0. The highest BCUT2D eigenvalue weighted by Gasteiger charge is 2.40. The molecule has 0 unspecified atom stereocenters. The third-order valence-corrected chi connectivity index (χ3v) is 4.89. The van der Waals surface area contributed by atoms with Crippen molar-refractivity contribution in [3.63, 3.8) is 0 Å². The number of likely N-dealkylation sites (N-methyl/N-ethyl adjacent to an activating group) is 1. The Morgan fingerprint density at radius 1 is 1.39 bits per heavy atom. The molecule has 0 bridgehead atoms. The van der Waals surface area contributed by atoms with Crippen LogP contribution in [0.4, 0.5) is 11.6 Å². The third kappa shape index (κ3) is 2.92. The Morgan fingerprint density at radius 2 is 2.22 bits per heavy atom. The van der Waals surface area contributed by atoms with Gasteiger partial charge in [-0.05, 0) is 42.2 Å². The first-order chi connectivity index (χ1) is 11.2. The first kappa shape index (κ1) is 14.9. The number of halogens is 1. The van der Waals surface area contributed by atoms with Crippen LogP contribution >= 0.6 is 15.9 Å². The average Bonchev–Trinajstić information content (AvgIpc) is 3.48. The maximum atomic E-state index is 5.23. The van der Waals surface area contributed by atoms with E-state index in [1.165, 1.54) is 12.8 Å². The lowest BCUT2D eigenvalue weighted by atomic mass is 10.2. The maximum absolute atomic E-state index is 5.23. The Morgan fingerprint density at radius 3 is 2.87 bits per heavy atom. The molecule has 0 spiro atoms. The van der Waals surface area contributed by atoms with Gasteiger partial charge in [-0.25, -0.2) is 4.98 Å². The van der Waals surface area contributed by atoms with E-state index >= 15 is 0 Å². The van der Waals surface area contributed by atoms with Gasteiger partial charge in [0.25, 0.3) is 0 Å². The number of nitrogens with zero attached hydrogens (tertiary/aromatic N) is 4. The molecule has 2 aliphatic rings. The highest BCUT2D eigenvalue weighted by Crippen LogP contribution is 2.45. The summed E-state index contributed by atoms with van der Waals surface area (Å²) >= 11 is 3.37. The standard InChI is InChI=1S/C15H19BrN6O/c1-17-10-5-12(10)22-7-11(13(21-22)8-3-4-8)19-15-18-6-9(16)14(20-15)23-2/h6-8,10,12,17H,3-5H2,1-2H3,(H,18,19,20)/t10-,12+/m0/s1. The van der Waals surface area contributed by atoms with Crippen molar-refractivity contribution in [2.45, 2.75) is 37.3 Å². The minimum Gasteiger partial charge on any atom is -0.480 e. The number of aromatic nitrogens is 4. The second-order valence-corrected chi connectivity index (χ2v) is 6.91. The third-order valence-electron chi connectivity index (χ3n) is 4.34. The molecule has 2 atom stereocenters. The van der Waals surface area contributed by atoms with Gasteiger partial charge in [0.1, 0.15) is 0 Å². The monoisotopic (exact) mass is 378 g/mol. The summed E-state index contributed by atoms with van der Waals surface area (Å²) < 4.78 is 8.04. The number of ether oxygens (including phenoxy) is 1. The molecule has 2 heterocycles. The molecule has 0 aliphatic heterocycles. The van der Waals surface area contributed by atoms with Gasteiger partial charge in [-0.1, -0.05) is 0 Å². The van der Waals surface area contributed by atoms with Crippen molar-refractivity contribution < 1.29 is 4.74 Å². The van der Waals surface area contributed by atoms with E-state index in [1.807, 2.05) is 7.05 Å². The molecule has 7 nitrogen and oxygen atoms in total. The van der Waals surface area contributed by atoms with E-state index in [4.69, 9.17) is 9.84 Å². The van der Waals surface area contributed by atoms with Gasteiger partial charge >= 0.3 is 0 Å². The van der Waals surface area contributed by atoms with E-state index in [0.29, 0.717) is 29.8 Å². The Bertz CT molecular complexity index is 729. The van der Waals surface area contributed by atoms with Crippen LogP contribution in [0.5, 0.6) is 5.88 Å². The topological polar surface area (TPSA) is 76.9 Å². The normalized spacial score (nSPS) is 22.9. The van der Waals surface area contributed by atoms with Crippen LogP contribution in [0.15, 0.2) is 16.9 Å².